The lowest BCUT2D eigenvalue weighted by Crippen LogP contribution is -2.36. The van der Waals surface area contributed by atoms with E-state index in [-0.39, 0.29) is 37.7 Å². The smallest absolute Gasteiger partial charge is 0.449 e. The van der Waals surface area contributed by atoms with E-state index in [1.54, 1.807) is 5.32 Å². The summed E-state index contributed by atoms with van der Waals surface area (Å²) in [4.78, 5) is 46.1. The number of carbonyl (C=O) groups excluding carboxylic acids is 4. The summed E-state index contributed by atoms with van der Waals surface area (Å²) in [6.07, 6.45) is -5.62. The molecule has 1 N–H and O–H groups in total. The molecule has 2 fully saturated rings. The first-order valence-corrected chi connectivity index (χ1v) is 10.5. The Morgan fingerprint density at radius 3 is 2.50 bits per heavy atom. The Hall–Kier alpha value is -3.06. The molecule has 1 aromatic carbocycles. The van der Waals surface area contributed by atoms with Gasteiger partial charge in [0.05, 0.1) is 19.3 Å². The van der Waals surface area contributed by atoms with Gasteiger partial charge in [-0.15, -0.1) is 0 Å². The van der Waals surface area contributed by atoms with Crippen LogP contribution in [0.1, 0.15) is 49.5 Å². The molecule has 4 amide bonds. The topological polar surface area (TPSA) is 111 Å². The fourth-order valence-electron chi connectivity index (χ4n) is 3.38. The van der Waals surface area contributed by atoms with Crippen LogP contribution < -0.4 is 5.32 Å². The van der Waals surface area contributed by atoms with Gasteiger partial charge in [0.1, 0.15) is 5.82 Å². The molecule has 3 rings (SSSR count). The van der Waals surface area contributed by atoms with E-state index in [1.807, 2.05) is 0 Å². The molecule has 13 heteroatoms. The van der Waals surface area contributed by atoms with Crippen molar-refractivity contribution in [2.24, 2.45) is 0 Å². The van der Waals surface area contributed by atoms with Gasteiger partial charge in [-0.2, -0.15) is 18.1 Å². The lowest BCUT2D eigenvalue weighted by Gasteiger charge is -2.14. The second-order valence-corrected chi connectivity index (χ2v) is 7.69. The number of halogens is 4. The largest absolute Gasteiger partial charge is 0.471 e. The average Bonchev–Trinajstić information content (AvgIpc) is 3.37. The van der Waals surface area contributed by atoms with Crippen LogP contribution in [0.15, 0.2) is 18.2 Å². The van der Waals surface area contributed by atoms with Gasteiger partial charge in [0.25, 0.3) is 0 Å². The summed E-state index contributed by atoms with van der Waals surface area (Å²) in [6.45, 7) is -0.374. The zero-order valence-corrected chi connectivity index (χ0v) is 17.9. The van der Waals surface area contributed by atoms with E-state index in [1.165, 1.54) is 12.1 Å². The van der Waals surface area contributed by atoms with E-state index in [0.29, 0.717) is 29.7 Å². The first-order valence-electron chi connectivity index (χ1n) is 10.5. The van der Waals surface area contributed by atoms with E-state index in [4.69, 9.17) is 14.2 Å². The summed E-state index contributed by atoms with van der Waals surface area (Å²) in [5.41, 5.74) is 0.211. The molecule has 0 radical (unpaired) electrons. The number of hydrogen-bond donors (Lipinski definition) is 1. The molecular weight excluding hydrogens is 468 g/mol. The third-order valence-corrected chi connectivity index (χ3v) is 5.18. The summed E-state index contributed by atoms with van der Waals surface area (Å²) >= 11 is 0. The number of amides is 4. The molecule has 1 aromatic rings. The Balaban J connectivity index is 1.37. The molecule has 0 bridgehead atoms. The SMILES string of the molecule is O=C1CCC(=O)N1C(=O)OCCCCC1COC(c2ccc(CNC(=O)C(F)(F)F)c(F)c2)O1. The minimum absolute atomic E-state index is 0.00460. The number of nitrogens with one attached hydrogen (secondary N) is 1. The lowest BCUT2D eigenvalue weighted by molar-refractivity contribution is -0.173. The minimum Gasteiger partial charge on any atom is -0.449 e. The van der Waals surface area contributed by atoms with Crippen molar-refractivity contribution in [2.45, 2.75) is 57.2 Å². The number of unbranched alkanes of at least 4 members (excludes halogenated alkanes) is 1. The van der Waals surface area contributed by atoms with Gasteiger partial charge in [-0.05, 0) is 25.3 Å². The van der Waals surface area contributed by atoms with Crippen molar-refractivity contribution in [3.05, 3.63) is 35.1 Å². The number of nitrogens with zero attached hydrogens (tertiary/aromatic N) is 1. The van der Waals surface area contributed by atoms with E-state index < -0.39 is 48.6 Å². The van der Waals surface area contributed by atoms with Gasteiger partial charge in [0.15, 0.2) is 6.29 Å². The van der Waals surface area contributed by atoms with Gasteiger partial charge < -0.3 is 19.5 Å². The van der Waals surface area contributed by atoms with Crippen LogP contribution in [0.2, 0.25) is 0 Å². The highest BCUT2D eigenvalue weighted by Crippen LogP contribution is 2.30. The molecule has 0 saturated carbocycles. The van der Waals surface area contributed by atoms with Crippen molar-refractivity contribution >= 4 is 23.8 Å². The Kier molecular flexibility index (Phi) is 8.20. The van der Waals surface area contributed by atoms with Crippen molar-refractivity contribution in [3.8, 4) is 0 Å². The third kappa shape index (κ3) is 6.50. The molecule has 2 heterocycles. The highest BCUT2D eigenvalue weighted by Gasteiger charge is 2.38. The van der Waals surface area contributed by atoms with Crippen LogP contribution in [-0.2, 0) is 35.1 Å². The van der Waals surface area contributed by atoms with Crippen molar-refractivity contribution in [3.63, 3.8) is 0 Å². The molecule has 2 unspecified atom stereocenters. The van der Waals surface area contributed by atoms with E-state index in [2.05, 4.69) is 0 Å². The third-order valence-electron chi connectivity index (χ3n) is 5.18. The van der Waals surface area contributed by atoms with E-state index in [9.17, 15) is 36.7 Å². The van der Waals surface area contributed by atoms with Gasteiger partial charge in [-0.25, -0.2) is 9.18 Å². The Morgan fingerprint density at radius 2 is 1.85 bits per heavy atom. The second-order valence-electron chi connectivity index (χ2n) is 7.69. The van der Waals surface area contributed by atoms with Crippen LogP contribution in [0.3, 0.4) is 0 Å². The molecule has 186 valence electrons. The summed E-state index contributed by atoms with van der Waals surface area (Å²) in [6, 6.07) is 3.75. The van der Waals surface area contributed by atoms with Gasteiger partial charge >= 0.3 is 18.2 Å². The van der Waals surface area contributed by atoms with Gasteiger partial charge in [-0.3, -0.25) is 14.4 Å². The van der Waals surface area contributed by atoms with E-state index in [0.717, 1.165) is 6.07 Å². The van der Waals surface area contributed by atoms with Gasteiger partial charge in [0, 0.05) is 30.5 Å². The van der Waals surface area contributed by atoms with Gasteiger partial charge in [-0.1, -0.05) is 12.1 Å². The summed E-state index contributed by atoms with van der Waals surface area (Å²) in [5, 5.41) is 1.60. The first kappa shape index (κ1) is 25.6. The van der Waals surface area contributed by atoms with Crippen molar-refractivity contribution in [1.29, 1.82) is 0 Å². The summed E-state index contributed by atoms with van der Waals surface area (Å²) < 4.78 is 67.1. The lowest BCUT2D eigenvalue weighted by atomic mass is 10.1. The number of alkyl halides is 3. The average molecular weight is 490 g/mol. The Bertz CT molecular complexity index is 938. The number of rotatable bonds is 8. The Labute approximate surface area is 191 Å². The first-order chi connectivity index (χ1) is 16.1. The number of carbonyl (C=O) groups is 4. The summed E-state index contributed by atoms with van der Waals surface area (Å²) in [7, 11) is 0. The number of hydrogen-bond acceptors (Lipinski definition) is 7. The van der Waals surface area contributed by atoms with Crippen molar-refractivity contribution < 1.29 is 51.0 Å². The quantitative estimate of drug-likeness (QED) is 0.339. The molecule has 2 saturated heterocycles. The molecule has 34 heavy (non-hydrogen) atoms. The van der Waals surface area contributed by atoms with Crippen LogP contribution in [0.5, 0.6) is 0 Å². The zero-order valence-electron chi connectivity index (χ0n) is 17.9. The fraction of sp³-hybridized carbons (Fsp3) is 0.524. The maximum absolute atomic E-state index is 14.2. The standard InChI is InChI=1S/C21H22F4N2O7/c22-15-9-12(4-5-13(15)10-26-19(30)21(23,24)25)18-33-11-14(34-18)3-1-2-8-32-20(31)27-16(28)6-7-17(27)29/h4-5,9,14,18H,1-3,6-8,10-11H2,(H,26,30). The number of imide groups is 3. The second kappa shape index (κ2) is 10.9. The predicted molar refractivity (Wildman–Crippen MR) is 104 cm³/mol. The highest BCUT2D eigenvalue weighted by atomic mass is 19.4. The van der Waals surface area contributed by atoms with Crippen LogP contribution in [0.4, 0.5) is 22.4 Å². The number of benzene rings is 1. The Morgan fingerprint density at radius 1 is 1.15 bits per heavy atom. The maximum Gasteiger partial charge on any atom is 0.471 e. The molecule has 2 aliphatic heterocycles. The van der Waals surface area contributed by atoms with Gasteiger partial charge in [0.2, 0.25) is 11.8 Å². The normalized spacial score (nSPS) is 20.6. The zero-order chi connectivity index (χ0) is 24.9. The molecule has 9 nitrogen and oxygen atoms in total. The molecule has 0 spiro atoms. The molecular formula is C21H22F4N2O7. The number of likely N-dealkylation sites (tertiary alicyclic amines) is 1. The predicted octanol–water partition coefficient (Wildman–Crippen LogP) is 2.87. The summed E-state index contributed by atoms with van der Waals surface area (Å²) in [5.74, 6) is -4.12. The minimum atomic E-state index is -5.05. The molecule has 2 aliphatic rings. The van der Waals surface area contributed by atoms with Crippen molar-refractivity contribution in [2.75, 3.05) is 13.2 Å². The van der Waals surface area contributed by atoms with Crippen LogP contribution in [0.25, 0.3) is 0 Å². The van der Waals surface area contributed by atoms with Crippen LogP contribution in [0, 0.1) is 5.82 Å². The molecule has 0 aliphatic carbocycles. The van der Waals surface area contributed by atoms with Crippen LogP contribution >= 0.6 is 0 Å². The fourth-order valence-corrected chi connectivity index (χ4v) is 3.38. The van der Waals surface area contributed by atoms with Crippen molar-refractivity contribution in [1.82, 2.24) is 10.2 Å². The molecule has 0 aromatic heterocycles. The van der Waals surface area contributed by atoms with Crippen LogP contribution in [-0.4, -0.2) is 54.2 Å². The number of ether oxygens (including phenoxy) is 3. The monoisotopic (exact) mass is 490 g/mol. The van der Waals surface area contributed by atoms with E-state index >= 15 is 0 Å². The molecule has 2 atom stereocenters. The highest BCUT2D eigenvalue weighted by molar-refractivity contribution is 6.13. The maximum atomic E-state index is 14.2.